The van der Waals surface area contributed by atoms with Gasteiger partial charge in [0.2, 0.25) is 0 Å². The molecule has 6 nitrogen and oxygen atoms in total. The van der Waals surface area contributed by atoms with Crippen LogP contribution in [-0.4, -0.2) is 22.7 Å². The number of para-hydroxylation sites is 1. The van der Waals surface area contributed by atoms with Crippen molar-refractivity contribution in [3.63, 3.8) is 0 Å². The van der Waals surface area contributed by atoms with Gasteiger partial charge in [-0.2, -0.15) is 0 Å². The van der Waals surface area contributed by atoms with Gasteiger partial charge in [0.25, 0.3) is 5.56 Å². The zero-order valence-electron chi connectivity index (χ0n) is 10.3. The molecule has 0 amide bonds. The number of methoxy groups -OCH3 is 1. The summed E-state index contributed by atoms with van der Waals surface area (Å²) in [5, 5.41) is 0.412. The fraction of sp³-hybridized carbons (Fsp3) is 0.333. The Balaban J connectivity index is 2.80. The third kappa shape index (κ3) is 2.02. The van der Waals surface area contributed by atoms with Gasteiger partial charge in [-0.1, -0.05) is 6.07 Å². The van der Waals surface area contributed by atoms with Crippen molar-refractivity contribution in [2.45, 2.75) is 19.5 Å². The average molecular weight is 249 g/mol. The van der Waals surface area contributed by atoms with Crippen LogP contribution in [0.3, 0.4) is 0 Å². The topological polar surface area (TPSA) is 90.1 Å². The summed E-state index contributed by atoms with van der Waals surface area (Å²) in [4.78, 5) is 26.7. The summed E-state index contributed by atoms with van der Waals surface area (Å²) in [6.45, 7) is 1.92. The van der Waals surface area contributed by atoms with Gasteiger partial charge < -0.3 is 15.5 Å². The highest BCUT2D eigenvalue weighted by Crippen LogP contribution is 2.19. The Bertz CT molecular complexity index is 685. The van der Waals surface area contributed by atoms with Gasteiger partial charge in [0.1, 0.15) is 5.75 Å². The van der Waals surface area contributed by atoms with Crippen molar-refractivity contribution in [2.24, 2.45) is 5.73 Å². The quantitative estimate of drug-likeness (QED) is 0.804. The molecule has 1 aromatic carbocycles. The summed E-state index contributed by atoms with van der Waals surface area (Å²) >= 11 is 0. The summed E-state index contributed by atoms with van der Waals surface area (Å²) in [6.07, 6.45) is 0. The molecule has 0 saturated heterocycles. The van der Waals surface area contributed by atoms with E-state index in [2.05, 4.69) is 4.98 Å². The largest absolute Gasteiger partial charge is 0.495 e. The molecule has 0 radical (unpaired) electrons. The molecule has 0 fully saturated rings. The minimum absolute atomic E-state index is 0.182. The second-order valence-electron chi connectivity index (χ2n) is 4.21. The second-order valence-corrected chi connectivity index (χ2v) is 4.21. The van der Waals surface area contributed by atoms with E-state index in [0.717, 1.165) is 4.57 Å². The summed E-state index contributed by atoms with van der Waals surface area (Å²) in [7, 11) is 1.49. The minimum atomic E-state index is -0.477. The van der Waals surface area contributed by atoms with Gasteiger partial charge in [-0.3, -0.25) is 9.36 Å². The third-order valence-electron chi connectivity index (χ3n) is 2.67. The van der Waals surface area contributed by atoms with Crippen molar-refractivity contribution in [3.8, 4) is 5.75 Å². The van der Waals surface area contributed by atoms with Gasteiger partial charge in [-0.25, -0.2) is 4.79 Å². The van der Waals surface area contributed by atoms with Crippen LogP contribution in [0, 0.1) is 0 Å². The third-order valence-corrected chi connectivity index (χ3v) is 2.67. The number of ether oxygens (including phenoxy) is 1. The van der Waals surface area contributed by atoms with Crippen LogP contribution >= 0.6 is 0 Å². The van der Waals surface area contributed by atoms with Crippen LogP contribution in [0.1, 0.15) is 6.92 Å². The molecule has 1 aromatic heterocycles. The van der Waals surface area contributed by atoms with Crippen LogP contribution in [-0.2, 0) is 6.54 Å². The monoisotopic (exact) mass is 249 g/mol. The van der Waals surface area contributed by atoms with E-state index in [1.807, 2.05) is 0 Å². The van der Waals surface area contributed by atoms with Crippen LogP contribution in [0.25, 0.3) is 10.9 Å². The van der Waals surface area contributed by atoms with Crippen molar-refractivity contribution in [1.82, 2.24) is 9.55 Å². The molecule has 2 aromatic rings. The van der Waals surface area contributed by atoms with Gasteiger partial charge in [0.05, 0.1) is 18.0 Å². The SMILES string of the molecule is COc1cccc2c(=O)n(CC(C)N)c(=O)[nH]c12. The number of H-pyrrole nitrogens is 1. The Labute approximate surface area is 103 Å². The fourth-order valence-electron chi connectivity index (χ4n) is 1.87. The van der Waals surface area contributed by atoms with Gasteiger partial charge >= 0.3 is 5.69 Å². The lowest BCUT2D eigenvalue weighted by Gasteiger charge is -2.10. The standard InChI is InChI=1S/C12H15N3O3/c1-7(13)6-15-11(16)8-4-3-5-9(18-2)10(8)14-12(15)17/h3-5,7H,6,13H2,1-2H3,(H,14,17). The van der Waals surface area contributed by atoms with Crippen molar-refractivity contribution in [1.29, 1.82) is 0 Å². The fourth-order valence-corrected chi connectivity index (χ4v) is 1.87. The highest BCUT2D eigenvalue weighted by atomic mass is 16.5. The van der Waals surface area contributed by atoms with E-state index >= 15 is 0 Å². The Morgan fingerprint density at radius 3 is 2.78 bits per heavy atom. The zero-order valence-corrected chi connectivity index (χ0v) is 10.3. The normalized spacial score (nSPS) is 12.6. The number of fused-ring (bicyclic) bond motifs is 1. The van der Waals surface area contributed by atoms with Gasteiger partial charge in [-0.15, -0.1) is 0 Å². The smallest absolute Gasteiger partial charge is 0.328 e. The van der Waals surface area contributed by atoms with Crippen molar-refractivity contribution in [3.05, 3.63) is 39.0 Å². The van der Waals surface area contributed by atoms with E-state index in [0.29, 0.717) is 16.7 Å². The first-order chi connectivity index (χ1) is 8.54. The Morgan fingerprint density at radius 2 is 2.17 bits per heavy atom. The number of benzene rings is 1. The maximum absolute atomic E-state index is 12.2. The average Bonchev–Trinajstić information content (AvgIpc) is 2.33. The van der Waals surface area contributed by atoms with Crippen molar-refractivity contribution < 1.29 is 4.74 Å². The second kappa shape index (κ2) is 4.66. The van der Waals surface area contributed by atoms with Crippen LogP contribution in [0.2, 0.25) is 0 Å². The summed E-state index contributed by atoms with van der Waals surface area (Å²) in [6, 6.07) is 4.77. The maximum atomic E-state index is 12.2. The van der Waals surface area contributed by atoms with E-state index in [9.17, 15) is 9.59 Å². The predicted octanol–water partition coefficient (Wildman–Crippen LogP) is 0.0456. The molecule has 0 aliphatic carbocycles. The number of aromatic nitrogens is 2. The molecular formula is C12H15N3O3. The molecule has 0 spiro atoms. The van der Waals surface area contributed by atoms with Gasteiger partial charge in [0.15, 0.2) is 0 Å². The molecule has 6 heteroatoms. The molecule has 1 atom stereocenters. The Kier molecular flexibility index (Phi) is 3.20. The molecule has 1 unspecified atom stereocenters. The molecule has 0 bridgehead atoms. The van der Waals surface area contributed by atoms with E-state index in [1.165, 1.54) is 7.11 Å². The molecule has 2 rings (SSSR count). The number of hydrogen-bond donors (Lipinski definition) is 2. The predicted molar refractivity (Wildman–Crippen MR) is 69.0 cm³/mol. The van der Waals surface area contributed by atoms with E-state index in [-0.39, 0.29) is 18.1 Å². The van der Waals surface area contributed by atoms with Crippen LogP contribution < -0.4 is 21.7 Å². The Hall–Kier alpha value is -2.08. The first-order valence-electron chi connectivity index (χ1n) is 5.60. The molecular weight excluding hydrogens is 234 g/mol. The zero-order chi connectivity index (χ0) is 13.3. The van der Waals surface area contributed by atoms with E-state index in [1.54, 1.807) is 25.1 Å². The lowest BCUT2D eigenvalue weighted by atomic mass is 10.2. The maximum Gasteiger partial charge on any atom is 0.328 e. The highest BCUT2D eigenvalue weighted by Gasteiger charge is 2.11. The first kappa shape index (κ1) is 12.4. The molecule has 0 aliphatic rings. The van der Waals surface area contributed by atoms with Gasteiger partial charge in [0, 0.05) is 12.6 Å². The highest BCUT2D eigenvalue weighted by molar-refractivity contribution is 5.83. The molecule has 96 valence electrons. The number of nitrogens with one attached hydrogen (secondary N) is 1. The number of nitrogens with zero attached hydrogens (tertiary/aromatic N) is 1. The lowest BCUT2D eigenvalue weighted by molar-refractivity contribution is 0.418. The van der Waals surface area contributed by atoms with E-state index in [4.69, 9.17) is 10.5 Å². The lowest BCUT2D eigenvalue weighted by Crippen LogP contribution is -2.39. The van der Waals surface area contributed by atoms with Crippen molar-refractivity contribution >= 4 is 10.9 Å². The van der Waals surface area contributed by atoms with E-state index < -0.39 is 5.69 Å². The number of nitrogens with two attached hydrogens (primary N) is 1. The van der Waals surface area contributed by atoms with Crippen LogP contribution in [0.5, 0.6) is 5.75 Å². The summed E-state index contributed by atoms with van der Waals surface area (Å²) < 4.78 is 6.22. The molecule has 3 N–H and O–H groups in total. The molecule has 0 saturated carbocycles. The van der Waals surface area contributed by atoms with Crippen LogP contribution in [0.15, 0.2) is 27.8 Å². The number of hydrogen-bond acceptors (Lipinski definition) is 4. The summed E-state index contributed by atoms with van der Waals surface area (Å²) in [5.41, 5.74) is 5.20. The Morgan fingerprint density at radius 1 is 1.44 bits per heavy atom. The minimum Gasteiger partial charge on any atom is -0.495 e. The summed E-state index contributed by atoms with van der Waals surface area (Å²) in [5.74, 6) is 0.467. The molecule has 0 aliphatic heterocycles. The number of aromatic amines is 1. The first-order valence-corrected chi connectivity index (χ1v) is 5.60. The van der Waals surface area contributed by atoms with Gasteiger partial charge in [-0.05, 0) is 19.1 Å². The number of rotatable bonds is 3. The molecule has 1 heterocycles. The van der Waals surface area contributed by atoms with Crippen LogP contribution in [0.4, 0.5) is 0 Å². The van der Waals surface area contributed by atoms with Crippen molar-refractivity contribution in [2.75, 3.05) is 7.11 Å². The molecule has 18 heavy (non-hydrogen) atoms.